The topological polar surface area (TPSA) is 93.2 Å². The molecule has 1 unspecified atom stereocenters. The number of ether oxygens (including phenoxy) is 2. The SMILES string of the molecule is COC(=O)c1ccccc1S(=O)(=O)N1CCCC(=O)N2CCCCC2CCc2cccc(c2)OCC1. The van der Waals surface area contributed by atoms with E-state index in [2.05, 4.69) is 6.07 Å². The maximum atomic E-state index is 13.7. The molecule has 36 heavy (non-hydrogen) atoms. The fourth-order valence-electron chi connectivity index (χ4n) is 5.03. The van der Waals surface area contributed by atoms with Crippen LogP contribution in [0.3, 0.4) is 0 Å². The van der Waals surface area contributed by atoms with Crippen LogP contribution in [-0.4, -0.2) is 68.9 Å². The first-order valence-corrected chi connectivity index (χ1v) is 14.0. The molecule has 2 aromatic rings. The number of esters is 1. The van der Waals surface area contributed by atoms with Crippen LogP contribution < -0.4 is 4.74 Å². The van der Waals surface area contributed by atoms with E-state index in [0.717, 1.165) is 44.2 Å². The number of carbonyl (C=O) groups excluding carboxylic acids is 2. The Kier molecular flexibility index (Phi) is 8.64. The Hall–Kier alpha value is -2.91. The minimum absolute atomic E-state index is 0.0169. The van der Waals surface area contributed by atoms with Gasteiger partial charge in [-0.25, -0.2) is 13.2 Å². The Balaban J connectivity index is 1.61. The van der Waals surface area contributed by atoms with Crippen molar-refractivity contribution < 1.29 is 27.5 Å². The predicted molar refractivity (Wildman–Crippen MR) is 135 cm³/mol. The molecule has 1 amide bonds. The van der Waals surface area contributed by atoms with Crippen LogP contribution in [-0.2, 0) is 26.0 Å². The van der Waals surface area contributed by atoms with Crippen molar-refractivity contribution in [3.8, 4) is 5.75 Å². The summed E-state index contributed by atoms with van der Waals surface area (Å²) in [6, 6.07) is 14.1. The van der Waals surface area contributed by atoms with E-state index in [-0.39, 0.29) is 48.5 Å². The van der Waals surface area contributed by atoms with E-state index in [9.17, 15) is 18.0 Å². The molecule has 0 saturated carbocycles. The molecule has 0 spiro atoms. The molecule has 2 aliphatic rings. The van der Waals surface area contributed by atoms with Gasteiger partial charge in [-0.05, 0) is 68.4 Å². The molecule has 0 aliphatic carbocycles. The van der Waals surface area contributed by atoms with Crippen LogP contribution in [0.15, 0.2) is 53.4 Å². The monoisotopic (exact) mass is 514 g/mol. The lowest BCUT2D eigenvalue weighted by atomic mass is 9.95. The lowest BCUT2D eigenvalue weighted by molar-refractivity contribution is -0.135. The summed E-state index contributed by atoms with van der Waals surface area (Å²) in [6.07, 6.45) is 5.52. The van der Waals surface area contributed by atoms with Gasteiger partial charge in [0.1, 0.15) is 12.4 Å². The fraction of sp³-hybridized carbons (Fsp3) is 0.481. The lowest BCUT2D eigenvalue weighted by Gasteiger charge is -2.36. The number of sulfonamides is 1. The largest absolute Gasteiger partial charge is 0.492 e. The van der Waals surface area contributed by atoms with E-state index in [1.165, 1.54) is 23.5 Å². The number of fused-ring (bicyclic) bond motifs is 3. The van der Waals surface area contributed by atoms with Crippen LogP contribution in [0.4, 0.5) is 0 Å². The summed E-state index contributed by atoms with van der Waals surface area (Å²) >= 11 is 0. The molecule has 0 N–H and O–H groups in total. The summed E-state index contributed by atoms with van der Waals surface area (Å²) in [4.78, 5) is 27.3. The first-order valence-electron chi connectivity index (χ1n) is 12.6. The van der Waals surface area contributed by atoms with E-state index < -0.39 is 16.0 Å². The number of carbonyl (C=O) groups is 2. The molecule has 8 nitrogen and oxygen atoms in total. The first kappa shape index (κ1) is 26.2. The van der Waals surface area contributed by atoms with Crippen molar-refractivity contribution in [2.75, 3.05) is 33.4 Å². The number of nitrogens with zero attached hydrogens (tertiary/aromatic N) is 2. The molecule has 194 valence electrons. The molecule has 9 heteroatoms. The van der Waals surface area contributed by atoms with Gasteiger partial charge < -0.3 is 14.4 Å². The lowest BCUT2D eigenvalue weighted by Crippen LogP contribution is -2.44. The van der Waals surface area contributed by atoms with Crippen LogP contribution in [0, 0.1) is 0 Å². The summed E-state index contributed by atoms with van der Waals surface area (Å²) in [5.41, 5.74) is 1.12. The molecule has 0 aromatic heterocycles. The van der Waals surface area contributed by atoms with Gasteiger partial charge in [0.2, 0.25) is 15.9 Å². The maximum Gasteiger partial charge on any atom is 0.339 e. The summed E-state index contributed by atoms with van der Waals surface area (Å²) in [6.45, 7) is 1.13. The molecule has 2 bridgehead atoms. The van der Waals surface area contributed by atoms with Crippen LogP contribution in [0.2, 0.25) is 0 Å². The Labute approximate surface area is 213 Å². The number of hydrogen-bond donors (Lipinski definition) is 0. The average Bonchev–Trinajstić information content (AvgIpc) is 2.90. The van der Waals surface area contributed by atoms with E-state index >= 15 is 0 Å². The minimum atomic E-state index is -4.04. The highest BCUT2D eigenvalue weighted by Gasteiger charge is 2.30. The van der Waals surface area contributed by atoms with Crippen LogP contribution in [0.1, 0.15) is 54.4 Å². The second kappa shape index (κ2) is 11.9. The molecule has 2 heterocycles. The van der Waals surface area contributed by atoms with Crippen molar-refractivity contribution in [1.29, 1.82) is 0 Å². The number of hydrogen-bond acceptors (Lipinski definition) is 6. The molecular weight excluding hydrogens is 480 g/mol. The number of methoxy groups -OCH3 is 1. The van der Waals surface area contributed by atoms with E-state index in [4.69, 9.17) is 9.47 Å². The summed E-state index contributed by atoms with van der Waals surface area (Å²) in [5.74, 6) is 0.0463. The van der Waals surface area contributed by atoms with E-state index in [0.29, 0.717) is 12.2 Å². The van der Waals surface area contributed by atoms with Gasteiger partial charge in [0.25, 0.3) is 0 Å². The normalized spacial score (nSPS) is 20.4. The molecule has 1 atom stereocenters. The summed E-state index contributed by atoms with van der Waals surface area (Å²) in [7, 11) is -2.82. The molecule has 2 aliphatic heterocycles. The van der Waals surface area contributed by atoms with E-state index in [1.807, 2.05) is 23.1 Å². The van der Waals surface area contributed by atoms with Gasteiger partial charge in [-0.3, -0.25) is 4.79 Å². The van der Waals surface area contributed by atoms with Gasteiger partial charge in [0, 0.05) is 32.1 Å². The summed E-state index contributed by atoms with van der Waals surface area (Å²) in [5, 5.41) is 0. The quantitative estimate of drug-likeness (QED) is 0.581. The second-order valence-electron chi connectivity index (χ2n) is 9.27. The average molecular weight is 515 g/mol. The van der Waals surface area contributed by atoms with Gasteiger partial charge in [0.05, 0.1) is 17.6 Å². The van der Waals surface area contributed by atoms with Gasteiger partial charge >= 0.3 is 5.97 Å². The third kappa shape index (κ3) is 6.07. The molecule has 1 fully saturated rings. The van der Waals surface area contributed by atoms with Gasteiger partial charge in [-0.2, -0.15) is 4.31 Å². The van der Waals surface area contributed by atoms with Crippen molar-refractivity contribution in [3.63, 3.8) is 0 Å². The van der Waals surface area contributed by atoms with Crippen molar-refractivity contribution in [1.82, 2.24) is 9.21 Å². The van der Waals surface area contributed by atoms with Crippen molar-refractivity contribution in [2.24, 2.45) is 0 Å². The third-order valence-electron chi connectivity index (χ3n) is 6.93. The standard InChI is InChI=1S/C27H34N2O6S/c1-34-27(31)24-11-2-3-12-25(24)36(32,33)28-16-7-13-26(30)29-17-5-4-9-22(29)15-14-21-8-6-10-23(20-21)35-19-18-28/h2-3,6,8,10-12,20,22H,4-5,7,9,13-19H2,1H3. The molecule has 1 saturated heterocycles. The first-order chi connectivity index (χ1) is 17.4. The van der Waals surface area contributed by atoms with Gasteiger partial charge in [-0.15, -0.1) is 0 Å². The Morgan fingerprint density at radius 3 is 2.64 bits per heavy atom. The zero-order chi connectivity index (χ0) is 25.5. The molecule has 4 rings (SSSR count). The van der Waals surface area contributed by atoms with Crippen molar-refractivity contribution >= 4 is 21.9 Å². The number of amides is 1. The van der Waals surface area contributed by atoms with Crippen LogP contribution in [0.5, 0.6) is 5.75 Å². The van der Waals surface area contributed by atoms with Crippen molar-refractivity contribution in [2.45, 2.75) is 55.9 Å². The Bertz CT molecular complexity index is 1180. The van der Waals surface area contributed by atoms with E-state index in [1.54, 1.807) is 12.1 Å². The number of rotatable bonds is 3. The zero-order valence-corrected chi connectivity index (χ0v) is 21.5. The van der Waals surface area contributed by atoms with Crippen LogP contribution >= 0.6 is 0 Å². The van der Waals surface area contributed by atoms with Crippen molar-refractivity contribution in [3.05, 3.63) is 59.7 Å². The Morgan fingerprint density at radius 1 is 0.972 bits per heavy atom. The molecular formula is C27H34N2O6S. The number of benzene rings is 2. The number of piperidine rings is 1. The smallest absolute Gasteiger partial charge is 0.339 e. The second-order valence-corrected chi connectivity index (χ2v) is 11.2. The highest BCUT2D eigenvalue weighted by atomic mass is 32.2. The highest BCUT2D eigenvalue weighted by Crippen LogP contribution is 2.25. The Morgan fingerprint density at radius 2 is 1.81 bits per heavy atom. The number of aryl methyl sites for hydroxylation is 1. The summed E-state index contributed by atoms with van der Waals surface area (Å²) < 4.78 is 39.4. The highest BCUT2D eigenvalue weighted by molar-refractivity contribution is 7.89. The minimum Gasteiger partial charge on any atom is -0.492 e. The molecule has 2 aromatic carbocycles. The fourth-order valence-corrected chi connectivity index (χ4v) is 6.67. The van der Waals surface area contributed by atoms with Gasteiger partial charge in [0.15, 0.2) is 0 Å². The maximum absolute atomic E-state index is 13.7. The molecule has 0 radical (unpaired) electrons. The van der Waals surface area contributed by atoms with Crippen LogP contribution in [0.25, 0.3) is 0 Å². The predicted octanol–water partition coefficient (Wildman–Crippen LogP) is 3.65. The zero-order valence-electron chi connectivity index (χ0n) is 20.7. The third-order valence-corrected chi connectivity index (χ3v) is 8.89. The van der Waals surface area contributed by atoms with Gasteiger partial charge in [-0.1, -0.05) is 24.3 Å².